The Morgan fingerprint density at radius 3 is 2.18 bits per heavy atom. The minimum Gasteiger partial charge on any atom is -0.300 e. The van der Waals surface area contributed by atoms with Crippen LogP contribution in [-0.2, 0) is 4.79 Å². The zero-order chi connectivity index (χ0) is 12.3. The highest BCUT2D eigenvalue weighted by Crippen LogP contribution is 2.33. The lowest BCUT2D eigenvalue weighted by Crippen LogP contribution is -2.31. The van der Waals surface area contributed by atoms with Gasteiger partial charge in [0.25, 0.3) is 0 Å². The van der Waals surface area contributed by atoms with Gasteiger partial charge in [-0.3, -0.25) is 9.59 Å². The molecule has 0 heterocycles. The van der Waals surface area contributed by atoms with E-state index < -0.39 is 0 Å². The molecule has 0 saturated heterocycles. The number of carbonyl (C=O) groups is 2. The lowest BCUT2D eigenvalue weighted by Gasteiger charge is -2.28. The number of carbonyl (C=O) groups excluding carboxylic acids is 2. The van der Waals surface area contributed by atoms with Crippen molar-refractivity contribution in [2.24, 2.45) is 11.8 Å². The molecular weight excluding hydrogens is 212 g/mol. The van der Waals surface area contributed by atoms with Crippen LogP contribution in [0.2, 0.25) is 0 Å². The van der Waals surface area contributed by atoms with Crippen LogP contribution in [0.3, 0.4) is 0 Å². The molecule has 1 fully saturated rings. The van der Waals surface area contributed by atoms with Crippen LogP contribution in [0.25, 0.3) is 0 Å². The summed E-state index contributed by atoms with van der Waals surface area (Å²) in [5, 5.41) is 0. The van der Waals surface area contributed by atoms with Crippen molar-refractivity contribution in [1.82, 2.24) is 0 Å². The van der Waals surface area contributed by atoms with Crippen LogP contribution < -0.4 is 0 Å². The molecule has 2 nitrogen and oxygen atoms in total. The van der Waals surface area contributed by atoms with E-state index >= 15 is 0 Å². The Bertz CT molecular complexity index is 408. The van der Waals surface area contributed by atoms with E-state index in [2.05, 4.69) is 0 Å². The molecule has 1 aromatic rings. The Kier molecular flexibility index (Phi) is 3.72. The first-order chi connectivity index (χ1) is 8.20. The van der Waals surface area contributed by atoms with Gasteiger partial charge in [0.2, 0.25) is 0 Å². The van der Waals surface area contributed by atoms with Crippen molar-refractivity contribution in [3.8, 4) is 0 Å². The molecule has 1 aromatic carbocycles. The summed E-state index contributed by atoms with van der Waals surface area (Å²) in [7, 11) is 0. The van der Waals surface area contributed by atoms with E-state index in [9.17, 15) is 9.59 Å². The number of rotatable bonds is 3. The average Bonchev–Trinajstić information content (AvgIpc) is 2.39. The molecule has 0 unspecified atom stereocenters. The summed E-state index contributed by atoms with van der Waals surface area (Å²) in [6.45, 7) is 1.61. The summed E-state index contributed by atoms with van der Waals surface area (Å²) in [4.78, 5) is 24.0. The zero-order valence-corrected chi connectivity index (χ0v) is 10.2. The van der Waals surface area contributed by atoms with Crippen LogP contribution in [0.4, 0.5) is 0 Å². The molecule has 2 heteroatoms. The molecule has 0 N–H and O–H groups in total. The molecule has 90 valence electrons. The van der Waals surface area contributed by atoms with Crippen LogP contribution >= 0.6 is 0 Å². The van der Waals surface area contributed by atoms with Crippen molar-refractivity contribution in [2.45, 2.75) is 32.6 Å². The van der Waals surface area contributed by atoms with Crippen LogP contribution in [0.5, 0.6) is 0 Å². The van der Waals surface area contributed by atoms with E-state index in [1.165, 1.54) is 0 Å². The molecular formula is C15H18O2. The van der Waals surface area contributed by atoms with E-state index in [1.54, 1.807) is 6.92 Å². The maximum Gasteiger partial charge on any atom is 0.166 e. The topological polar surface area (TPSA) is 34.1 Å². The van der Waals surface area contributed by atoms with Gasteiger partial charge in [0.1, 0.15) is 5.78 Å². The first-order valence-corrected chi connectivity index (χ1v) is 6.30. The Hall–Kier alpha value is -1.44. The lowest BCUT2D eigenvalue weighted by atomic mass is 9.74. The second-order valence-corrected chi connectivity index (χ2v) is 4.84. The van der Waals surface area contributed by atoms with Gasteiger partial charge >= 0.3 is 0 Å². The van der Waals surface area contributed by atoms with Gasteiger partial charge in [-0.2, -0.15) is 0 Å². The minimum atomic E-state index is -0.0938. The maximum absolute atomic E-state index is 12.4. The summed E-state index contributed by atoms with van der Waals surface area (Å²) in [6.07, 6.45) is 3.87. The monoisotopic (exact) mass is 230 g/mol. The van der Waals surface area contributed by atoms with Crippen molar-refractivity contribution in [3.63, 3.8) is 0 Å². The van der Waals surface area contributed by atoms with Gasteiger partial charge in [-0.15, -0.1) is 0 Å². The van der Waals surface area contributed by atoms with Crippen molar-refractivity contribution in [2.75, 3.05) is 0 Å². The van der Waals surface area contributed by atoms with Crippen molar-refractivity contribution in [3.05, 3.63) is 35.9 Å². The summed E-state index contributed by atoms with van der Waals surface area (Å²) < 4.78 is 0. The highest BCUT2D eigenvalue weighted by Gasteiger charge is 2.33. The third kappa shape index (κ3) is 2.63. The first kappa shape index (κ1) is 12.0. The van der Waals surface area contributed by atoms with E-state index in [-0.39, 0.29) is 23.4 Å². The number of Topliss-reactive ketones (excluding diaryl/α,β-unsaturated/α-hetero) is 2. The lowest BCUT2D eigenvalue weighted by molar-refractivity contribution is -0.122. The van der Waals surface area contributed by atoms with Crippen molar-refractivity contribution < 1.29 is 9.59 Å². The maximum atomic E-state index is 12.4. The Morgan fingerprint density at radius 2 is 1.59 bits per heavy atom. The second kappa shape index (κ2) is 5.26. The molecule has 1 aliphatic rings. The number of hydrogen-bond acceptors (Lipinski definition) is 2. The molecule has 0 aliphatic heterocycles. The van der Waals surface area contributed by atoms with Gasteiger partial charge in [-0.25, -0.2) is 0 Å². The van der Waals surface area contributed by atoms with E-state index in [0.29, 0.717) is 0 Å². The first-order valence-electron chi connectivity index (χ1n) is 6.30. The average molecular weight is 230 g/mol. The van der Waals surface area contributed by atoms with Crippen LogP contribution in [0.15, 0.2) is 30.3 Å². The molecule has 1 saturated carbocycles. The predicted molar refractivity (Wildman–Crippen MR) is 66.9 cm³/mol. The predicted octanol–water partition coefficient (Wildman–Crippen LogP) is 3.26. The van der Waals surface area contributed by atoms with E-state index in [1.807, 2.05) is 30.3 Å². The van der Waals surface area contributed by atoms with E-state index in [0.717, 1.165) is 31.2 Å². The number of benzene rings is 1. The number of ketones is 2. The Balaban J connectivity index is 2.20. The minimum absolute atomic E-state index is 0.0588. The normalized spacial score (nSPS) is 24.3. The molecule has 0 radical (unpaired) electrons. The van der Waals surface area contributed by atoms with Crippen LogP contribution in [0, 0.1) is 11.8 Å². The molecule has 1 aliphatic carbocycles. The molecule has 0 aromatic heterocycles. The molecule has 17 heavy (non-hydrogen) atoms. The van der Waals surface area contributed by atoms with Crippen LogP contribution in [-0.4, -0.2) is 11.6 Å². The Labute approximate surface area is 102 Å². The van der Waals surface area contributed by atoms with Gasteiger partial charge in [0.15, 0.2) is 5.78 Å². The fraction of sp³-hybridized carbons (Fsp3) is 0.467. The molecule has 0 amide bonds. The van der Waals surface area contributed by atoms with Crippen molar-refractivity contribution in [1.29, 1.82) is 0 Å². The standard InChI is InChI=1S/C15H18O2/c1-11(16)13-9-5-6-10-14(13)15(17)12-7-3-2-4-8-12/h2-4,7-8,13-14H,5-6,9-10H2,1H3/t13-,14+/m0/s1. The summed E-state index contributed by atoms with van der Waals surface area (Å²) >= 11 is 0. The summed E-state index contributed by atoms with van der Waals surface area (Å²) in [5.41, 5.74) is 0.741. The van der Waals surface area contributed by atoms with E-state index in [4.69, 9.17) is 0 Å². The SMILES string of the molecule is CC(=O)[C@@H]1CCCC[C@H]1C(=O)c1ccccc1. The quantitative estimate of drug-likeness (QED) is 0.747. The van der Waals surface area contributed by atoms with Crippen LogP contribution in [0.1, 0.15) is 43.0 Å². The summed E-state index contributed by atoms with van der Waals surface area (Å²) in [5.74, 6) is 0.157. The molecule has 0 bridgehead atoms. The highest BCUT2D eigenvalue weighted by atomic mass is 16.1. The van der Waals surface area contributed by atoms with Gasteiger partial charge in [-0.05, 0) is 19.8 Å². The smallest absolute Gasteiger partial charge is 0.166 e. The molecule has 2 rings (SSSR count). The van der Waals surface area contributed by atoms with Gasteiger partial charge in [-0.1, -0.05) is 43.2 Å². The summed E-state index contributed by atoms with van der Waals surface area (Å²) in [6, 6.07) is 9.33. The van der Waals surface area contributed by atoms with Gasteiger partial charge in [0, 0.05) is 17.4 Å². The fourth-order valence-corrected chi connectivity index (χ4v) is 2.75. The Morgan fingerprint density at radius 1 is 1.00 bits per heavy atom. The third-order valence-electron chi connectivity index (χ3n) is 3.68. The molecule has 2 atom stereocenters. The van der Waals surface area contributed by atoms with Crippen molar-refractivity contribution >= 4 is 11.6 Å². The molecule has 0 spiro atoms. The highest BCUT2D eigenvalue weighted by molar-refractivity contribution is 6.00. The number of hydrogen-bond donors (Lipinski definition) is 0. The second-order valence-electron chi connectivity index (χ2n) is 4.84. The largest absolute Gasteiger partial charge is 0.300 e. The third-order valence-corrected chi connectivity index (χ3v) is 3.68. The van der Waals surface area contributed by atoms with Gasteiger partial charge < -0.3 is 0 Å². The zero-order valence-electron chi connectivity index (χ0n) is 10.2. The fourth-order valence-electron chi connectivity index (χ4n) is 2.75. The van der Waals surface area contributed by atoms with Gasteiger partial charge in [0.05, 0.1) is 0 Å².